The van der Waals surface area contributed by atoms with Gasteiger partial charge < -0.3 is 0 Å². The van der Waals surface area contributed by atoms with Crippen LogP contribution in [0.3, 0.4) is 0 Å². The lowest BCUT2D eigenvalue weighted by Crippen LogP contribution is -1.89. The van der Waals surface area contributed by atoms with Gasteiger partial charge in [0.15, 0.2) is 0 Å². The molecule has 2 radical (unpaired) electrons. The van der Waals surface area contributed by atoms with Crippen LogP contribution in [0.25, 0.3) is 0 Å². The monoisotopic (exact) mass is 98.1 g/mol. The minimum Gasteiger partial charge on any atom is -0.0625 e. The Kier molecular flexibility index (Phi) is 4.17. The third-order valence-electron chi connectivity index (χ3n) is 1.13. The summed E-state index contributed by atoms with van der Waals surface area (Å²) in [5.41, 5.74) is 0. The van der Waals surface area contributed by atoms with Gasteiger partial charge in [0.05, 0.1) is 0 Å². The van der Waals surface area contributed by atoms with Gasteiger partial charge in [-0.3, -0.25) is 0 Å². The lowest BCUT2D eigenvalue weighted by Gasteiger charge is -2.02. The van der Waals surface area contributed by atoms with Crippen molar-refractivity contribution in [3.8, 4) is 0 Å². The van der Waals surface area contributed by atoms with Crippen LogP contribution in [-0.2, 0) is 0 Å². The van der Waals surface area contributed by atoms with Gasteiger partial charge in [-0.05, 0) is 18.8 Å². The smallest absolute Gasteiger partial charge is 0.0414 e. The lowest BCUT2D eigenvalue weighted by molar-refractivity contribution is 0.581. The van der Waals surface area contributed by atoms with Gasteiger partial charge in [0, 0.05) is 0 Å². The molecule has 0 saturated heterocycles. The zero-order valence-corrected chi connectivity index (χ0v) is 5.28. The van der Waals surface area contributed by atoms with Gasteiger partial charge in [0.1, 0.15) is 0 Å². The maximum atomic E-state index is 3.78. The number of hydrogen-bond donors (Lipinski definition) is 0. The van der Waals surface area contributed by atoms with Crippen molar-refractivity contribution in [2.24, 2.45) is 5.92 Å². The fourth-order valence-electron chi connectivity index (χ4n) is 0.520. The Bertz CT molecular complexity index is 31.0. The van der Waals surface area contributed by atoms with Crippen LogP contribution in [-0.4, -0.2) is 0 Å². The predicted octanol–water partition coefficient (Wildman–Crippen LogP) is 2.46. The van der Waals surface area contributed by atoms with Crippen LogP contribution in [0.15, 0.2) is 0 Å². The Hall–Kier alpha value is 0. The number of rotatable bonds is 3. The van der Waals surface area contributed by atoms with Crippen molar-refractivity contribution in [3.05, 3.63) is 13.3 Å². The summed E-state index contributed by atoms with van der Waals surface area (Å²) in [6.45, 7) is 8.09. The Morgan fingerprint density at radius 1 is 1.71 bits per heavy atom. The average Bonchev–Trinajstić information content (AvgIpc) is 1.68. The number of hydrogen-bond acceptors (Lipinski definition) is 0. The van der Waals surface area contributed by atoms with E-state index in [1.54, 1.807) is 0 Å². The molecule has 0 bridgehead atoms. The molecule has 0 heteroatoms. The highest BCUT2D eigenvalue weighted by molar-refractivity contribution is 4.62. The van der Waals surface area contributed by atoms with E-state index in [9.17, 15) is 0 Å². The van der Waals surface area contributed by atoms with E-state index in [0.717, 1.165) is 12.3 Å². The first-order valence-corrected chi connectivity index (χ1v) is 2.88. The molecule has 42 valence electrons. The fraction of sp³-hybridized carbons (Fsp3) is 0.714. The summed E-state index contributed by atoms with van der Waals surface area (Å²) in [4.78, 5) is 0. The summed E-state index contributed by atoms with van der Waals surface area (Å²) < 4.78 is 0. The highest BCUT2D eigenvalue weighted by Crippen LogP contribution is 2.06. The van der Waals surface area contributed by atoms with E-state index in [4.69, 9.17) is 0 Å². The van der Waals surface area contributed by atoms with Crippen LogP contribution < -0.4 is 0 Å². The Morgan fingerprint density at radius 3 is 2.43 bits per heavy atom. The topological polar surface area (TPSA) is 0 Å². The van der Waals surface area contributed by atoms with Crippen LogP contribution in [0, 0.1) is 19.3 Å². The Balaban J connectivity index is 2.83. The fourth-order valence-corrected chi connectivity index (χ4v) is 0.520. The standard InChI is InChI=1S/C7H14/c1-4-6-7(3)5-2/h4,7H,2,5-6H2,1,3H3. The zero-order valence-electron chi connectivity index (χ0n) is 5.28. The quantitative estimate of drug-likeness (QED) is 0.508. The molecule has 0 N–H and O–H groups in total. The summed E-state index contributed by atoms with van der Waals surface area (Å²) in [6, 6.07) is 0. The first-order chi connectivity index (χ1) is 3.31. The van der Waals surface area contributed by atoms with Crippen molar-refractivity contribution in [2.45, 2.75) is 26.7 Å². The largest absolute Gasteiger partial charge is 0.0625 e. The average molecular weight is 98.2 g/mol. The second-order valence-corrected chi connectivity index (χ2v) is 2.04. The minimum atomic E-state index is 0.782. The molecule has 1 unspecified atom stereocenters. The molecule has 0 amide bonds. The van der Waals surface area contributed by atoms with Crippen molar-refractivity contribution in [1.82, 2.24) is 0 Å². The molecule has 0 aromatic rings. The normalized spacial score (nSPS) is 14.1. The van der Waals surface area contributed by atoms with Crippen LogP contribution in [0.2, 0.25) is 0 Å². The van der Waals surface area contributed by atoms with Crippen LogP contribution in [0.5, 0.6) is 0 Å². The van der Waals surface area contributed by atoms with Gasteiger partial charge in [0.2, 0.25) is 0 Å². The highest BCUT2D eigenvalue weighted by Gasteiger charge is 1.92. The summed E-state index contributed by atoms with van der Waals surface area (Å²) >= 11 is 0. The highest BCUT2D eigenvalue weighted by atomic mass is 14.0. The SMILES string of the molecule is [CH2]CC(C)C[CH]C. The first-order valence-electron chi connectivity index (χ1n) is 2.88. The van der Waals surface area contributed by atoms with E-state index in [0.29, 0.717) is 0 Å². The van der Waals surface area contributed by atoms with Crippen molar-refractivity contribution in [2.75, 3.05) is 0 Å². The maximum absolute atomic E-state index is 3.78. The van der Waals surface area contributed by atoms with Gasteiger partial charge in [-0.1, -0.05) is 27.2 Å². The van der Waals surface area contributed by atoms with Crippen LogP contribution in [0.1, 0.15) is 26.7 Å². The first kappa shape index (κ1) is 7.00. The molecule has 0 saturated carbocycles. The molecule has 7 heavy (non-hydrogen) atoms. The van der Waals surface area contributed by atoms with Gasteiger partial charge in [-0.25, -0.2) is 0 Å². The molecule has 0 spiro atoms. The molecule has 0 rings (SSSR count). The van der Waals surface area contributed by atoms with Gasteiger partial charge in [-0.15, -0.1) is 0 Å². The van der Waals surface area contributed by atoms with Crippen LogP contribution >= 0.6 is 0 Å². The molecule has 0 aromatic heterocycles. The van der Waals surface area contributed by atoms with Crippen molar-refractivity contribution < 1.29 is 0 Å². The van der Waals surface area contributed by atoms with E-state index in [2.05, 4.69) is 27.2 Å². The summed E-state index contributed by atoms with van der Waals surface area (Å²) in [5, 5.41) is 0. The minimum absolute atomic E-state index is 0.782. The molecule has 0 fully saturated rings. The summed E-state index contributed by atoms with van der Waals surface area (Å²) in [5.74, 6) is 0.782. The summed E-state index contributed by atoms with van der Waals surface area (Å²) in [7, 11) is 0. The molecular weight excluding hydrogens is 84.1 g/mol. The molecule has 0 aliphatic rings. The molecule has 0 aliphatic carbocycles. The maximum Gasteiger partial charge on any atom is -0.0414 e. The molecule has 0 aliphatic heterocycles. The van der Waals surface area contributed by atoms with E-state index >= 15 is 0 Å². The van der Waals surface area contributed by atoms with Gasteiger partial charge >= 0.3 is 0 Å². The van der Waals surface area contributed by atoms with Crippen molar-refractivity contribution in [3.63, 3.8) is 0 Å². The van der Waals surface area contributed by atoms with Gasteiger partial charge in [-0.2, -0.15) is 0 Å². The zero-order chi connectivity index (χ0) is 5.70. The molecule has 0 aromatic carbocycles. The van der Waals surface area contributed by atoms with E-state index in [1.165, 1.54) is 6.42 Å². The third kappa shape index (κ3) is 3.84. The van der Waals surface area contributed by atoms with E-state index in [1.807, 2.05) is 0 Å². The summed E-state index contributed by atoms with van der Waals surface area (Å²) in [6.07, 6.45) is 4.46. The molecular formula is C7H14. The predicted molar refractivity (Wildman–Crippen MR) is 33.7 cm³/mol. The Labute approximate surface area is 46.9 Å². The molecule has 0 nitrogen and oxygen atoms in total. The van der Waals surface area contributed by atoms with E-state index in [-0.39, 0.29) is 0 Å². The van der Waals surface area contributed by atoms with Crippen LogP contribution in [0.4, 0.5) is 0 Å². The van der Waals surface area contributed by atoms with E-state index < -0.39 is 0 Å². The second-order valence-electron chi connectivity index (χ2n) is 2.04. The second kappa shape index (κ2) is 4.17. The Morgan fingerprint density at radius 2 is 2.29 bits per heavy atom. The lowest BCUT2D eigenvalue weighted by atomic mass is 10.0. The van der Waals surface area contributed by atoms with Gasteiger partial charge in [0.25, 0.3) is 0 Å². The van der Waals surface area contributed by atoms with Crippen molar-refractivity contribution >= 4 is 0 Å². The molecule has 1 atom stereocenters. The third-order valence-corrected chi connectivity index (χ3v) is 1.13. The van der Waals surface area contributed by atoms with Crippen molar-refractivity contribution in [1.29, 1.82) is 0 Å². The molecule has 0 heterocycles.